The van der Waals surface area contributed by atoms with Gasteiger partial charge in [-0.25, -0.2) is 4.79 Å². The van der Waals surface area contributed by atoms with E-state index in [1.807, 2.05) is 6.92 Å². The maximum absolute atomic E-state index is 11.5. The van der Waals surface area contributed by atoms with Crippen LogP contribution in [0.5, 0.6) is 0 Å². The molecule has 4 nitrogen and oxygen atoms in total. The van der Waals surface area contributed by atoms with E-state index in [-0.39, 0.29) is 18.1 Å². The summed E-state index contributed by atoms with van der Waals surface area (Å²) in [5.41, 5.74) is -0.217. The van der Waals surface area contributed by atoms with E-state index in [0.29, 0.717) is 6.42 Å². The zero-order valence-corrected chi connectivity index (χ0v) is 10.9. The van der Waals surface area contributed by atoms with Crippen LogP contribution in [0.15, 0.2) is 24.8 Å². The Balaban J connectivity index is 2.47. The van der Waals surface area contributed by atoms with Crippen LogP contribution in [0.4, 0.5) is 4.79 Å². The second kappa shape index (κ2) is 6.99. The van der Waals surface area contributed by atoms with Crippen molar-refractivity contribution in [3.05, 3.63) is 24.8 Å². The number of nitrogens with one attached hydrogen (secondary N) is 1. The van der Waals surface area contributed by atoms with E-state index < -0.39 is 6.09 Å². The van der Waals surface area contributed by atoms with Gasteiger partial charge in [0.1, 0.15) is 6.29 Å². The Hall–Kier alpha value is -1.58. The first-order valence-electron chi connectivity index (χ1n) is 6.26. The predicted octanol–water partition coefficient (Wildman–Crippen LogP) is 2.60. The van der Waals surface area contributed by atoms with Crippen molar-refractivity contribution in [3.63, 3.8) is 0 Å². The summed E-state index contributed by atoms with van der Waals surface area (Å²) in [5, 5.41) is 2.64. The Morgan fingerprint density at radius 3 is 2.94 bits per heavy atom. The van der Waals surface area contributed by atoms with Crippen molar-refractivity contribution >= 4 is 12.4 Å². The molecule has 0 heterocycles. The van der Waals surface area contributed by atoms with Crippen LogP contribution in [-0.2, 0) is 9.53 Å². The third kappa shape index (κ3) is 4.35. The Kier molecular flexibility index (Phi) is 5.62. The lowest BCUT2D eigenvalue weighted by molar-refractivity contribution is -0.110. The van der Waals surface area contributed by atoms with Crippen LogP contribution in [-0.4, -0.2) is 25.0 Å². The highest BCUT2D eigenvalue weighted by Gasteiger charge is 2.31. The molecule has 0 aromatic carbocycles. The third-order valence-corrected chi connectivity index (χ3v) is 3.28. The topological polar surface area (TPSA) is 55.4 Å². The van der Waals surface area contributed by atoms with Crippen LogP contribution in [0.25, 0.3) is 0 Å². The van der Waals surface area contributed by atoms with Gasteiger partial charge in [0.2, 0.25) is 0 Å². The van der Waals surface area contributed by atoms with Crippen molar-refractivity contribution in [2.24, 2.45) is 5.41 Å². The monoisotopic (exact) mass is 251 g/mol. The fourth-order valence-electron chi connectivity index (χ4n) is 2.00. The lowest BCUT2D eigenvalue weighted by atomic mass is 9.75. The minimum Gasteiger partial charge on any atom is -0.449 e. The molecule has 100 valence electrons. The van der Waals surface area contributed by atoms with Crippen molar-refractivity contribution in [3.8, 4) is 0 Å². The molecule has 1 aliphatic carbocycles. The number of amides is 1. The van der Waals surface area contributed by atoms with Gasteiger partial charge in [-0.05, 0) is 26.2 Å². The largest absolute Gasteiger partial charge is 0.449 e. The highest BCUT2D eigenvalue weighted by atomic mass is 16.5. The highest BCUT2D eigenvalue weighted by Crippen LogP contribution is 2.35. The van der Waals surface area contributed by atoms with Gasteiger partial charge >= 0.3 is 6.09 Å². The molecule has 2 atom stereocenters. The summed E-state index contributed by atoms with van der Waals surface area (Å²) in [6, 6.07) is -0.120. The zero-order valence-electron chi connectivity index (χ0n) is 10.9. The smallest absolute Gasteiger partial charge is 0.407 e. The van der Waals surface area contributed by atoms with Gasteiger partial charge in [-0.15, -0.1) is 6.58 Å². The fourth-order valence-corrected chi connectivity index (χ4v) is 2.00. The summed E-state index contributed by atoms with van der Waals surface area (Å²) in [6.07, 6.45) is 9.27. The Morgan fingerprint density at radius 2 is 2.39 bits per heavy atom. The van der Waals surface area contributed by atoms with Crippen LogP contribution >= 0.6 is 0 Å². The van der Waals surface area contributed by atoms with Crippen molar-refractivity contribution < 1.29 is 14.3 Å². The highest BCUT2D eigenvalue weighted by molar-refractivity contribution is 5.67. The molecule has 0 fully saturated rings. The molecule has 18 heavy (non-hydrogen) atoms. The Labute approximate surface area is 108 Å². The van der Waals surface area contributed by atoms with Crippen LogP contribution in [0.3, 0.4) is 0 Å². The van der Waals surface area contributed by atoms with Gasteiger partial charge in [0.05, 0.1) is 6.61 Å². The molecule has 0 aromatic heterocycles. The minimum atomic E-state index is -0.456. The van der Waals surface area contributed by atoms with Gasteiger partial charge in [0.25, 0.3) is 0 Å². The molecule has 0 aliphatic heterocycles. The standard InChI is InChI=1S/C14H21NO3/c1-3-12(2)15-13(17)18-11-14(9-10-16)7-5-4-6-8-14/h3-5,10,12H,1,6-9,11H2,2H3,(H,15,17). The molecule has 2 unspecified atom stereocenters. The number of ether oxygens (including phenoxy) is 1. The molecule has 1 amide bonds. The molecular formula is C14H21NO3. The van der Waals surface area contributed by atoms with E-state index in [0.717, 1.165) is 25.5 Å². The number of allylic oxidation sites excluding steroid dienone is 2. The summed E-state index contributed by atoms with van der Waals surface area (Å²) in [6.45, 7) is 5.68. The van der Waals surface area contributed by atoms with Gasteiger partial charge < -0.3 is 14.8 Å². The molecule has 1 rings (SSSR count). The molecular weight excluding hydrogens is 230 g/mol. The van der Waals surface area contributed by atoms with Gasteiger partial charge in [0, 0.05) is 17.9 Å². The third-order valence-electron chi connectivity index (χ3n) is 3.28. The first-order chi connectivity index (χ1) is 8.62. The maximum Gasteiger partial charge on any atom is 0.407 e. The van der Waals surface area contributed by atoms with E-state index in [4.69, 9.17) is 4.74 Å². The molecule has 0 bridgehead atoms. The first kappa shape index (κ1) is 14.5. The van der Waals surface area contributed by atoms with Crippen LogP contribution in [0.1, 0.15) is 32.6 Å². The molecule has 0 saturated heterocycles. The second-order valence-electron chi connectivity index (χ2n) is 4.83. The first-order valence-corrected chi connectivity index (χ1v) is 6.26. The van der Waals surface area contributed by atoms with Gasteiger partial charge in [-0.1, -0.05) is 18.2 Å². The number of aldehydes is 1. The van der Waals surface area contributed by atoms with Crippen molar-refractivity contribution in [2.45, 2.75) is 38.6 Å². The average molecular weight is 251 g/mol. The molecule has 0 saturated carbocycles. The van der Waals surface area contributed by atoms with Crippen molar-refractivity contribution in [2.75, 3.05) is 6.61 Å². The van der Waals surface area contributed by atoms with E-state index >= 15 is 0 Å². The van der Waals surface area contributed by atoms with Crippen LogP contribution in [0, 0.1) is 5.41 Å². The minimum absolute atomic E-state index is 0.120. The molecule has 0 spiro atoms. The second-order valence-corrected chi connectivity index (χ2v) is 4.83. The number of hydrogen-bond donors (Lipinski definition) is 1. The van der Waals surface area contributed by atoms with Crippen molar-refractivity contribution in [1.29, 1.82) is 0 Å². The number of alkyl carbamates (subject to hydrolysis) is 1. The number of hydrogen-bond acceptors (Lipinski definition) is 3. The number of carbonyl (C=O) groups excluding carboxylic acids is 2. The van der Waals surface area contributed by atoms with Crippen molar-refractivity contribution in [1.82, 2.24) is 5.32 Å². The summed E-state index contributed by atoms with van der Waals surface area (Å²) in [7, 11) is 0. The lowest BCUT2D eigenvalue weighted by Crippen LogP contribution is -2.36. The number of carbonyl (C=O) groups is 2. The summed E-state index contributed by atoms with van der Waals surface area (Å²) < 4.78 is 5.22. The molecule has 0 radical (unpaired) electrons. The Bertz CT molecular complexity index is 338. The normalized spacial score (nSPS) is 24.1. The van der Waals surface area contributed by atoms with E-state index in [9.17, 15) is 9.59 Å². The van der Waals surface area contributed by atoms with E-state index in [1.165, 1.54) is 0 Å². The summed E-state index contributed by atoms with van der Waals surface area (Å²) in [4.78, 5) is 22.3. The quantitative estimate of drug-likeness (QED) is 0.583. The van der Waals surface area contributed by atoms with E-state index in [2.05, 4.69) is 24.0 Å². The van der Waals surface area contributed by atoms with Gasteiger partial charge in [-0.3, -0.25) is 0 Å². The predicted molar refractivity (Wildman–Crippen MR) is 70.2 cm³/mol. The molecule has 1 N–H and O–H groups in total. The van der Waals surface area contributed by atoms with Crippen LogP contribution in [0.2, 0.25) is 0 Å². The van der Waals surface area contributed by atoms with Gasteiger partial charge in [-0.2, -0.15) is 0 Å². The number of rotatable bonds is 6. The molecule has 1 aliphatic rings. The fraction of sp³-hybridized carbons (Fsp3) is 0.571. The van der Waals surface area contributed by atoms with E-state index in [1.54, 1.807) is 6.08 Å². The Morgan fingerprint density at radius 1 is 1.61 bits per heavy atom. The molecule has 0 aromatic rings. The average Bonchev–Trinajstić information content (AvgIpc) is 2.38. The van der Waals surface area contributed by atoms with Gasteiger partial charge in [0.15, 0.2) is 0 Å². The lowest BCUT2D eigenvalue weighted by Gasteiger charge is -2.32. The SMILES string of the molecule is C=CC(C)NC(=O)OCC1(CC=O)CC=CCC1. The maximum atomic E-state index is 11.5. The molecule has 4 heteroatoms. The zero-order chi connectivity index (χ0) is 13.4. The summed E-state index contributed by atoms with van der Waals surface area (Å²) >= 11 is 0. The summed E-state index contributed by atoms with van der Waals surface area (Å²) in [5.74, 6) is 0. The van der Waals surface area contributed by atoms with Crippen LogP contribution < -0.4 is 5.32 Å².